The fraction of sp³-hybridized carbons (Fsp3) is 0.500. The Labute approximate surface area is 82.9 Å². The summed E-state index contributed by atoms with van der Waals surface area (Å²) in [7, 11) is 0. The number of aryl methyl sites for hydroxylation is 1. The molecule has 14 heavy (non-hydrogen) atoms. The van der Waals surface area contributed by atoms with E-state index in [9.17, 15) is 4.79 Å². The van der Waals surface area contributed by atoms with Gasteiger partial charge >= 0.3 is 0 Å². The van der Waals surface area contributed by atoms with Crippen molar-refractivity contribution in [3.8, 4) is 0 Å². The van der Waals surface area contributed by atoms with E-state index in [0.717, 1.165) is 18.8 Å². The van der Waals surface area contributed by atoms with Crippen LogP contribution in [0.2, 0.25) is 0 Å². The predicted molar refractivity (Wildman–Crippen MR) is 53.3 cm³/mol. The van der Waals surface area contributed by atoms with Crippen molar-refractivity contribution in [3.05, 3.63) is 17.9 Å². The lowest BCUT2D eigenvalue weighted by Gasteiger charge is -2.16. The van der Waals surface area contributed by atoms with Gasteiger partial charge in [0.2, 0.25) is 11.8 Å². The Morgan fingerprint density at radius 3 is 3.00 bits per heavy atom. The highest BCUT2D eigenvalue weighted by Gasteiger charge is 2.19. The second-order valence-corrected chi connectivity index (χ2v) is 3.43. The van der Waals surface area contributed by atoms with Gasteiger partial charge in [-0.1, -0.05) is 0 Å². The zero-order valence-corrected chi connectivity index (χ0v) is 8.25. The minimum atomic E-state index is 0.129. The van der Waals surface area contributed by atoms with Gasteiger partial charge in [0.15, 0.2) is 0 Å². The lowest BCUT2D eigenvalue weighted by molar-refractivity contribution is -0.118. The van der Waals surface area contributed by atoms with Crippen LogP contribution in [0, 0.1) is 6.92 Å². The largest absolute Gasteiger partial charge is 0.445 e. The van der Waals surface area contributed by atoms with E-state index in [2.05, 4.69) is 5.32 Å². The van der Waals surface area contributed by atoms with Crippen LogP contribution in [0.3, 0.4) is 0 Å². The molecular weight excluding hydrogens is 180 g/mol. The van der Waals surface area contributed by atoms with E-state index in [-0.39, 0.29) is 5.91 Å². The zero-order valence-electron chi connectivity index (χ0n) is 8.25. The van der Waals surface area contributed by atoms with Crippen LogP contribution in [0.15, 0.2) is 16.5 Å². The van der Waals surface area contributed by atoms with Gasteiger partial charge in [0, 0.05) is 32.1 Å². The number of nitrogens with one attached hydrogen (secondary N) is 1. The highest BCUT2D eigenvalue weighted by molar-refractivity contribution is 5.92. The minimum Gasteiger partial charge on any atom is -0.445 e. The average Bonchev–Trinajstić information content (AvgIpc) is 2.46. The molecule has 0 bridgehead atoms. The summed E-state index contributed by atoms with van der Waals surface area (Å²) in [5, 5.41) is 3.18. The van der Waals surface area contributed by atoms with Crippen molar-refractivity contribution in [3.63, 3.8) is 0 Å². The molecule has 0 atom stereocenters. The van der Waals surface area contributed by atoms with Crippen molar-refractivity contribution in [2.45, 2.75) is 13.3 Å². The van der Waals surface area contributed by atoms with E-state index in [1.807, 2.05) is 19.1 Å². The first-order chi connectivity index (χ1) is 6.77. The molecule has 1 saturated heterocycles. The zero-order chi connectivity index (χ0) is 9.97. The number of furan rings is 1. The summed E-state index contributed by atoms with van der Waals surface area (Å²) < 4.78 is 5.43. The van der Waals surface area contributed by atoms with Gasteiger partial charge in [-0.05, 0) is 13.0 Å². The number of carbonyl (C=O) groups is 1. The van der Waals surface area contributed by atoms with Crippen LogP contribution in [0.4, 0.5) is 5.88 Å². The molecule has 1 aliphatic rings. The lowest BCUT2D eigenvalue weighted by atomic mass is 10.4. The maximum atomic E-state index is 11.6. The van der Waals surface area contributed by atoms with Gasteiger partial charge in [-0.25, -0.2) is 0 Å². The van der Waals surface area contributed by atoms with Crippen molar-refractivity contribution >= 4 is 11.8 Å². The monoisotopic (exact) mass is 194 g/mol. The third-order valence-electron chi connectivity index (χ3n) is 2.32. The Morgan fingerprint density at radius 2 is 2.29 bits per heavy atom. The summed E-state index contributed by atoms with van der Waals surface area (Å²) >= 11 is 0. The predicted octanol–water partition coefficient (Wildman–Crippen LogP) is 0.914. The number of carbonyl (C=O) groups excluding carboxylic acids is 1. The third-order valence-corrected chi connectivity index (χ3v) is 2.32. The lowest BCUT2D eigenvalue weighted by Crippen LogP contribution is -2.31. The fourth-order valence-electron chi connectivity index (χ4n) is 1.57. The Bertz CT molecular complexity index is 333. The molecule has 1 N–H and O–H groups in total. The van der Waals surface area contributed by atoms with E-state index in [4.69, 9.17) is 4.42 Å². The molecule has 1 aromatic heterocycles. The number of amides is 1. The topological polar surface area (TPSA) is 45.5 Å². The molecule has 0 spiro atoms. The minimum absolute atomic E-state index is 0.129. The van der Waals surface area contributed by atoms with E-state index in [0.29, 0.717) is 18.8 Å². The molecule has 0 aromatic carbocycles. The summed E-state index contributed by atoms with van der Waals surface area (Å²) in [4.78, 5) is 13.4. The third kappa shape index (κ3) is 1.80. The van der Waals surface area contributed by atoms with Gasteiger partial charge in [-0.2, -0.15) is 0 Å². The summed E-state index contributed by atoms with van der Waals surface area (Å²) in [6.07, 6.45) is 0.541. The van der Waals surface area contributed by atoms with Crippen molar-refractivity contribution in [1.82, 2.24) is 5.32 Å². The first kappa shape index (κ1) is 9.27. The summed E-state index contributed by atoms with van der Waals surface area (Å²) in [5.41, 5.74) is 0. The number of hydrogen-bond acceptors (Lipinski definition) is 3. The molecule has 0 unspecified atom stereocenters. The number of hydrogen-bond donors (Lipinski definition) is 1. The molecule has 1 amide bonds. The van der Waals surface area contributed by atoms with Crippen LogP contribution >= 0.6 is 0 Å². The Kier molecular flexibility index (Phi) is 2.54. The SMILES string of the molecule is Cc1ccc(N2CCNCCC2=O)o1. The van der Waals surface area contributed by atoms with Crippen LogP contribution in [0.1, 0.15) is 12.2 Å². The maximum absolute atomic E-state index is 11.6. The van der Waals surface area contributed by atoms with Gasteiger partial charge < -0.3 is 9.73 Å². The molecule has 2 heterocycles. The van der Waals surface area contributed by atoms with E-state index in [1.54, 1.807) is 4.90 Å². The Morgan fingerprint density at radius 1 is 1.43 bits per heavy atom. The molecule has 0 radical (unpaired) electrons. The van der Waals surface area contributed by atoms with Crippen LogP contribution in [-0.4, -0.2) is 25.5 Å². The van der Waals surface area contributed by atoms with Crippen LogP contribution < -0.4 is 10.2 Å². The molecule has 1 aromatic rings. The van der Waals surface area contributed by atoms with E-state index >= 15 is 0 Å². The van der Waals surface area contributed by atoms with Crippen molar-refractivity contribution in [2.24, 2.45) is 0 Å². The standard InChI is InChI=1S/C10H14N2O2/c1-8-2-3-10(14-8)12-7-6-11-5-4-9(12)13/h2-3,11H,4-7H2,1H3. The highest BCUT2D eigenvalue weighted by atomic mass is 16.4. The van der Waals surface area contributed by atoms with Crippen LogP contribution in [0.5, 0.6) is 0 Å². The fourth-order valence-corrected chi connectivity index (χ4v) is 1.57. The smallest absolute Gasteiger partial charge is 0.230 e. The molecule has 0 saturated carbocycles. The Balaban J connectivity index is 2.18. The quantitative estimate of drug-likeness (QED) is 0.723. The molecule has 0 aliphatic carbocycles. The molecule has 1 aliphatic heterocycles. The van der Waals surface area contributed by atoms with Crippen molar-refractivity contribution in [2.75, 3.05) is 24.5 Å². The summed E-state index contributed by atoms with van der Waals surface area (Å²) in [6.45, 7) is 4.15. The van der Waals surface area contributed by atoms with Gasteiger partial charge in [0.1, 0.15) is 5.76 Å². The molecular formula is C10H14N2O2. The van der Waals surface area contributed by atoms with Crippen molar-refractivity contribution < 1.29 is 9.21 Å². The maximum Gasteiger partial charge on any atom is 0.230 e. The van der Waals surface area contributed by atoms with Gasteiger partial charge in [0.05, 0.1) is 0 Å². The van der Waals surface area contributed by atoms with E-state index < -0.39 is 0 Å². The van der Waals surface area contributed by atoms with Gasteiger partial charge in [0.25, 0.3) is 0 Å². The van der Waals surface area contributed by atoms with Gasteiger partial charge in [-0.15, -0.1) is 0 Å². The molecule has 2 rings (SSSR count). The summed E-state index contributed by atoms with van der Waals surface area (Å²) in [6, 6.07) is 3.72. The highest BCUT2D eigenvalue weighted by Crippen LogP contribution is 2.18. The van der Waals surface area contributed by atoms with E-state index in [1.165, 1.54) is 0 Å². The van der Waals surface area contributed by atoms with Crippen LogP contribution in [-0.2, 0) is 4.79 Å². The van der Waals surface area contributed by atoms with Gasteiger partial charge in [-0.3, -0.25) is 9.69 Å². The Hall–Kier alpha value is -1.29. The number of rotatable bonds is 1. The average molecular weight is 194 g/mol. The second-order valence-electron chi connectivity index (χ2n) is 3.43. The normalized spacial score (nSPS) is 18.4. The molecule has 4 nitrogen and oxygen atoms in total. The van der Waals surface area contributed by atoms with Crippen molar-refractivity contribution in [1.29, 1.82) is 0 Å². The summed E-state index contributed by atoms with van der Waals surface area (Å²) in [5.74, 6) is 1.63. The second kappa shape index (κ2) is 3.84. The molecule has 4 heteroatoms. The molecule has 76 valence electrons. The first-order valence-electron chi connectivity index (χ1n) is 4.85. The first-order valence-corrected chi connectivity index (χ1v) is 4.85. The molecule has 1 fully saturated rings. The van der Waals surface area contributed by atoms with Crippen LogP contribution in [0.25, 0.3) is 0 Å². The number of nitrogens with zero attached hydrogens (tertiary/aromatic N) is 1. The number of anilines is 1.